The van der Waals surface area contributed by atoms with E-state index in [0.717, 1.165) is 11.3 Å². The van der Waals surface area contributed by atoms with Crippen LogP contribution < -0.4 is 5.32 Å². The average molecular weight is 485 g/mol. The molecular formula is C24H18ClFN2O2S2. The lowest BCUT2D eigenvalue weighted by molar-refractivity contribution is -0.127. The van der Waals surface area contributed by atoms with Gasteiger partial charge in [-0.3, -0.25) is 14.5 Å². The minimum Gasteiger partial charge on any atom is -0.324 e. The van der Waals surface area contributed by atoms with Gasteiger partial charge in [0.05, 0.1) is 10.8 Å². The van der Waals surface area contributed by atoms with Crippen molar-refractivity contribution >= 4 is 52.1 Å². The maximum Gasteiger partial charge on any atom is 0.250 e. The van der Waals surface area contributed by atoms with Gasteiger partial charge in [0.25, 0.3) is 0 Å². The maximum absolute atomic E-state index is 14.5. The number of hydrogen-bond acceptors (Lipinski definition) is 5. The van der Waals surface area contributed by atoms with Crippen molar-refractivity contribution in [2.45, 2.75) is 17.5 Å². The van der Waals surface area contributed by atoms with Crippen LogP contribution in [0.5, 0.6) is 0 Å². The lowest BCUT2D eigenvalue weighted by Crippen LogP contribution is -2.52. The topological polar surface area (TPSA) is 49.4 Å². The van der Waals surface area contributed by atoms with Crippen molar-refractivity contribution in [2.75, 3.05) is 16.9 Å². The van der Waals surface area contributed by atoms with Crippen LogP contribution in [-0.2, 0) is 10.3 Å². The first-order chi connectivity index (χ1) is 15.5. The molecule has 4 nitrogen and oxygen atoms in total. The first-order valence-corrected chi connectivity index (χ1v) is 12.7. The van der Waals surface area contributed by atoms with E-state index in [9.17, 15) is 14.0 Å². The molecule has 4 heterocycles. The van der Waals surface area contributed by atoms with Gasteiger partial charge in [-0.05, 0) is 47.3 Å². The Labute approximate surface area is 197 Å². The van der Waals surface area contributed by atoms with Crippen LogP contribution in [0.25, 0.3) is 0 Å². The van der Waals surface area contributed by atoms with Crippen LogP contribution in [0.4, 0.5) is 10.1 Å². The number of Topliss-reactive ketones (excluding diaryl/α,β-unsaturated/α-hetero) is 1. The van der Waals surface area contributed by atoms with Gasteiger partial charge in [0.2, 0.25) is 5.91 Å². The molecule has 32 heavy (non-hydrogen) atoms. The largest absolute Gasteiger partial charge is 0.324 e. The van der Waals surface area contributed by atoms with Crippen LogP contribution >= 0.6 is 34.7 Å². The summed E-state index contributed by atoms with van der Waals surface area (Å²) in [6, 6.07) is 15.5. The monoisotopic (exact) mass is 484 g/mol. The number of ketones is 1. The van der Waals surface area contributed by atoms with E-state index in [1.807, 2.05) is 35.7 Å². The Morgan fingerprint density at radius 3 is 2.75 bits per heavy atom. The van der Waals surface area contributed by atoms with Crippen molar-refractivity contribution in [3.05, 3.63) is 86.8 Å². The molecule has 1 amide bonds. The summed E-state index contributed by atoms with van der Waals surface area (Å²) in [5.41, 5.74) is 0.849. The summed E-state index contributed by atoms with van der Waals surface area (Å²) < 4.78 is 14.5. The first kappa shape index (κ1) is 20.4. The lowest BCUT2D eigenvalue weighted by atomic mass is 9.70. The van der Waals surface area contributed by atoms with E-state index < -0.39 is 17.3 Å². The molecule has 0 saturated carbocycles. The summed E-state index contributed by atoms with van der Waals surface area (Å²) in [6.07, 6.45) is 0. The number of thiophene rings is 1. The molecule has 3 aromatic rings. The molecule has 4 atom stereocenters. The Morgan fingerprint density at radius 2 is 2.00 bits per heavy atom. The summed E-state index contributed by atoms with van der Waals surface area (Å²) in [5, 5.41) is 5.44. The molecule has 1 spiro atoms. The third-order valence-electron chi connectivity index (χ3n) is 6.88. The molecular weight excluding hydrogens is 467 g/mol. The van der Waals surface area contributed by atoms with Crippen molar-refractivity contribution in [3.63, 3.8) is 0 Å². The molecule has 0 bridgehead atoms. The number of hydrogen-bond donors (Lipinski definition) is 1. The number of thioether (sulfide) groups is 1. The molecule has 3 aliphatic rings. The summed E-state index contributed by atoms with van der Waals surface area (Å²) in [5.74, 6) is -0.259. The fourth-order valence-electron chi connectivity index (χ4n) is 5.68. The van der Waals surface area contributed by atoms with Crippen LogP contribution in [0.3, 0.4) is 0 Å². The van der Waals surface area contributed by atoms with Gasteiger partial charge >= 0.3 is 0 Å². The molecule has 0 aliphatic carbocycles. The molecule has 6 rings (SSSR count). The minimum absolute atomic E-state index is 0.0324. The summed E-state index contributed by atoms with van der Waals surface area (Å²) >= 11 is 9.26. The van der Waals surface area contributed by atoms with E-state index in [1.54, 1.807) is 23.9 Å². The number of fused-ring (bicyclic) bond motifs is 4. The van der Waals surface area contributed by atoms with Gasteiger partial charge < -0.3 is 5.32 Å². The number of nitrogens with one attached hydrogen (secondary N) is 1. The van der Waals surface area contributed by atoms with Gasteiger partial charge in [0, 0.05) is 39.9 Å². The molecule has 2 saturated heterocycles. The predicted molar refractivity (Wildman–Crippen MR) is 126 cm³/mol. The zero-order chi connectivity index (χ0) is 22.0. The number of rotatable bonds is 3. The number of carbonyl (C=O) groups excluding carboxylic acids is 2. The molecule has 3 aliphatic heterocycles. The summed E-state index contributed by atoms with van der Waals surface area (Å²) in [7, 11) is 0. The van der Waals surface area contributed by atoms with Crippen LogP contribution in [0.15, 0.2) is 60.0 Å². The molecule has 2 aromatic carbocycles. The van der Waals surface area contributed by atoms with Gasteiger partial charge in [0.15, 0.2) is 5.78 Å². The highest BCUT2D eigenvalue weighted by Gasteiger charge is 2.69. The van der Waals surface area contributed by atoms with Crippen molar-refractivity contribution in [1.82, 2.24) is 4.90 Å². The zero-order valence-electron chi connectivity index (χ0n) is 16.8. The van der Waals surface area contributed by atoms with E-state index in [0.29, 0.717) is 27.0 Å². The van der Waals surface area contributed by atoms with Crippen molar-refractivity contribution in [1.29, 1.82) is 0 Å². The predicted octanol–water partition coefficient (Wildman–Crippen LogP) is 5.36. The lowest BCUT2D eigenvalue weighted by Gasteiger charge is -2.36. The normalized spacial score (nSPS) is 28.7. The number of anilines is 1. The highest BCUT2D eigenvalue weighted by Crippen LogP contribution is 2.61. The Kier molecular flexibility index (Phi) is 4.73. The second kappa shape index (κ2) is 7.42. The Bertz CT molecular complexity index is 1230. The van der Waals surface area contributed by atoms with Crippen molar-refractivity contribution in [3.8, 4) is 0 Å². The van der Waals surface area contributed by atoms with Gasteiger partial charge in [-0.25, -0.2) is 4.39 Å². The number of carbonyl (C=O) groups is 2. The Morgan fingerprint density at radius 1 is 1.19 bits per heavy atom. The fourth-order valence-corrected chi connectivity index (χ4v) is 7.83. The third-order valence-corrected chi connectivity index (χ3v) is 9.06. The van der Waals surface area contributed by atoms with Crippen LogP contribution in [0.1, 0.15) is 26.7 Å². The van der Waals surface area contributed by atoms with Gasteiger partial charge in [-0.15, -0.1) is 23.1 Å². The van der Waals surface area contributed by atoms with Gasteiger partial charge in [-0.1, -0.05) is 29.8 Å². The molecule has 1 aromatic heterocycles. The molecule has 0 unspecified atom stereocenters. The summed E-state index contributed by atoms with van der Waals surface area (Å²) in [6.45, 7) is 0. The number of nitrogens with zero attached hydrogens (tertiary/aromatic N) is 1. The van der Waals surface area contributed by atoms with Crippen LogP contribution in [0, 0.1) is 11.7 Å². The van der Waals surface area contributed by atoms with Crippen LogP contribution in [-0.4, -0.2) is 34.3 Å². The van der Waals surface area contributed by atoms with Gasteiger partial charge in [0.1, 0.15) is 11.4 Å². The van der Waals surface area contributed by atoms with E-state index >= 15 is 0 Å². The summed E-state index contributed by atoms with van der Waals surface area (Å²) in [4.78, 5) is 30.6. The molecule has 2 fully saturated rings. The third kappa shape index (κ3) is 2.71. The second-order valence-electron chi connectivity index (χ2n) is 8.34. The Balaban J connectivity index is 1.63. The molecule has 8 heteroatoms. The van der Waals surface area contributed by atoms with E-state index in [4.69, 9.17) is 11.6 Å². The van der Waals surface area contributed by atoms with E-state index in [-0.39, 0.29) is 23.7 Å². The average Bonchev–Trinajstić information content (AvgIpc) is 3.55. The maximum atomic E-state index is 14.5. The van der Waals surface area contributed by atoms with E-state index in [1.165, 1.54) is 23.5 Å². The molecule has 162 valence electrons. The number of benzene rings is 2. The Hall–Kier alpha value is -2.19. The minimum atomic E-state index is -1.25. The molecule has 0 radical (unpaired) electrons. The highest BCUT2D eigenvalue weighted by atomic mass is 35.5. The second-order valence-corrected chi connectivity index (χ2v) is 10.7. The highest BCUT2D eigenvalue weighted by molar-refractivity contribution is 7.99. The van der Waals surface area contributed by atoms with Crippen molar-refractivity contribution < 1.29 is 14.0 Å². The van der Waals surface area contributed by atoms with E-state index in [2.05, 4.69) is 10.2 Å². The standard InChI is InChI=1S/C24H18ClFN2O2S2/c25-14-5-3-13(4-6-14)20-18-11-31-12-28(18)24(21(20)22(29)19-2-1-9-32-19)16-10-15(26)7-8-17(16)27-23(24)30/h1-10,18,20-21H,11-12H2,(H,27,30)/t18-,20+,21-,24-/m0/s1. The smallest absolute Gasteiger partial charge is 0.250 e. The SMILES string of the molecule is O=C(c1cccs1)[C@@H]1[C@H](c2ccc(Cl)cc2)[C@@H]2CSCN2[C@]12C(=O)Nc1ccc(F)cc12. The number of halogens is 2. The zero-order valence-corrected chi connectivity index (χ0v) is 19.1. The van der Waals surface area contributed by atoms with Crippen molar-refractivity contribution in [2.24, 2.45) is 5.92 Å². The quantitative estimate of drug-likeness (QED) is 0.508. The first-order valence-electron chi connectivity index (χ1n) is 10.3. The fraction of sp³-hybridized carbons (Fsp3) is 0.250. The number of amides is 1. The van der Waals surface area contributed by atoms with Crippen LogP contribution in [0.2, 0.25) is 5.02 Å². The molecule has 1 N–H and O–H groups in total. The van der Waals surface area contributed by atoms with Gasteiger partial charge in [-0.2, -0.15) is 0 Å².